The van der Waals surface area contributed by atoms with Crippen molar-refractivity contribution in [2.75, 3.05) is 31.8 Å². The standard InChI is InChI=1S/C23H25N7O5/c1-24-22(32)18-15(9-16(28-29-18)26-21(31)13-10-23(13)7-8-23)25-14-6-4-5-12(19(14)34-3)20-27-17(11-33-2)35-30-20/h4-6,9,13H,7-8,10-11H2,1-3H3,(H,24,32)(H2,25,26,28,31)/t13-/m0/s1/i1D3. The lowest BCUT2D eigenvalue weighted by Gasteiger charge is -2.16. The molecule has 3 N–H and O–H groups in total. The van der Waals surface area contributed by atoms with Crippen LogP contribution in [-0.4, -0.2) is 53.3 Å². The minimum absolute atomic E-state index is 0.0611. The Bertz CT molecular complexity index is 1390. The first-order valence-electron chi connectivity index (χ1n) is 12.4. The molecule has 1 atom stereocenters. The molecule has 2 amide bonds. The van der Waals surface area contributed by atoms with Crippen LogP contribution in [0.3, 0.4) is 0 Å². The molecule has 35 heavy (non-hydrogen) atoms. The number of para-hydroxylation sites is 1. The molecule has 3 aromatic rings. The van der Waals surface area contributed by atoms with Crippen molar-refractivity contribution >= 4 is 29.0 Å². The van der Waals surface area contributed by atoms with E-state index in [0.29, 0.717) is 17.0 Å². The maximum atomic E-state index is 12.7. The van der Waals surface area contributed by atoms with Crippen molar-refractivity contribution in [2.45, 2.75) is 25.9 Å². The zero-order valence-electron chi connectivity index (χ0n) is 22.0. The third-order valence-corrected chi connectivity index (χ3v) is 6.24. The molecule has 0 unspecified atom stereocenters. The van der Waals surface area contributed by atoms with E-state index in [4.69, 9.17) is 18.1 Å². The molecule has 182 valence electrons. The minimum Gasteiger partial charge on any atom is -0.494 e. The number of ether oxygens (including phenoxy) is 2. The van der Waals surface area contributed by atoms with Gasteiger partial charge in [-0.25, -0.2) is 0 Å². The van der Waals surface area contributed by atoms with Gasteiger partial charge in [-0.15, -0.1) is 10.2 Å². The Morgan fingerprint density at radius 3 is 2.83 bits per heavy atom. The van der Waals surface area contributed by atoms with Gasteiger partial charge >= 0.3 is 0 Å². The van der Waals surface area contributed by atoms with Crippen LogP contribution in [0.15, 0.2) is 28.8 Å². The molecule has 2 aliphatic carbocycles. The minimum atomic E-state index is -2.75. The summed E-state index contributed by atoms with van der Waals surface area (Å²) in [6, 6.07) is 6.50. The second-order valence-electron chi connectivity index (χ2n) is 8.51. The number of nitrogens with one attached hydrogen (secondary N) is 3. The highest BCUT2D eigenvalue weighted by Gasteiger charge is 2.65. The van der Waals surface area contributed by atoms with Gasteiger partial charge in [0.15, 0.2) is 17.3 Å². The van der Waals surface area contributed by atoms with E-state index in [1.807, 2.05) is 5.32 Å². The molecule has 0 saturated heterocycles. The molecular weight excluding hydrogens is 454 g/mol. The van der Waals surface area contributed by atoms with Crippen molar-refractivity contribution in [3.63, 3.8) is 0 Å². The van der Waals surface area contributed by atoms with Crippen molar-refractivity contribution in [3.05, 3.63) is 35.9 Å². The van der Waals surface area contributed by atoms with E-state index in [2.05, 4.69) is 31.0 Å². The number of amides is 2. The molecule has 12 heteroatoms. The summed E-state index contributed by atoms with van der Waals surface area (Å²) < 4.78 is 37.9. The summed E-state index contributed by atoms with van der Waals surface area (Å²) in [5.41, 5.74) is 0.812. The van der Waals surface area contributed by atoms with Crippen LogP contribution in [0.2, 0.25) is 0 Å². The SMILES string of the molecule is [2H]C([2H])([2H])NC(=O)c1nnc(NC(=O)[C@@H]2CC23CC3)cc1Nc1cccc(-c2noc(COC)n2)c1OC. The molecule has 0 bridgehead atoms. The van der Waals surface area contributed by atoms with E-state index in [9.17, 15) is 9.59 Å². The molecule has 5 rings (SSSR count). The fourth-order valence-electron chi connectivity index (χ4n) is 4.14. The molecule has 0 radical (unpaired) electrons. The third-order valence-electron chi connectivity index (χ3n) is 6.24. The Hall–Kier alpha value is -4.06. The first kappa shape index (κ1) is 19.3. The van der Waals surface area contributed by atoms with Crippen LogP contribution in [0.1, 0.15) is 39.8 Å². The van der Waals surface area contributed by atoms with Crippen molar-refractivity contribution < 1.29 is 27.7 Å². The van der Waals surface area contributed by atoms with Crippen LogP contribution < -0.4 is 20.7 Å². The summed E-state index contributed by atoms with van der Waals surface area (Å²) in [6.07, 6.45) is 2.94. The lowest BCUT2D eigenvalue weighted by atomic mass is 10.1. The number of methoxy groups -OCH3 is 2. The van der Waals surface area contributed by atoms with Gasteiger partial charge in [-0.2, -0.15) is 4.98 Å². The number of aromatic nitrogens is 4. The smallest absolute Gasteiger partial charge is 0.273 e. The topological polar surface area (TPSA) is 153 Å². The number of nitrogens with zero attached hydrogens (tertiary/aromatic N) is 4. The summed E-state index contributed by atoms with van der Waals surface area (Å²) in [7, 11) is 2.95. The summed E-state index contributed by atoms with van der Waals surface area (Å²) in [6.45, 7) is -2.61. The Kier molecular flexibility index (Phi) is 4.93. The van der Waals surface area contributed by atoms with E-state index in [1.54, 1.807) is 18.2 Å². The molecular formula is C23H25N7O5. The summed E-state index contributed by atoms with van der Waals surface area (Å²) in [4.78, 5) is 29.7. The monoisotopic (exact) mass is 482 g/mol. The largest absolute Gasteiger partial charge is 0.494 e. The second-order valence-corrected chi connectivity index (χ2v) is 8.51. The molecule has 12 nitrogen and oxygen atoms in total. The highest BCUT2D eigenvalue weighted by molar-refractivity contribution is 6.00. The van der Waals surface area contributed by atoms with Gasteiger partial charge in [0.05, 0.1) is 24.0 Å². The highest BCUT2D eigenvalue weighted by atomic mass is 16.5. The van der Waals surface area contributed by atoms with Gasteiger partial charge in [-0.3, -0.25) is 9.59 Å². The number of hydrogen-bond donors (Lipinski definition) is 3. The van der Waals surface area contributed by atoms with Crippen LogP contribution >= 0.6 is 0 Å². The van der Waals surface area contributed by atoms with Crippen LogP contribution in [0.5, 0.6) is 5.75 Å². The van der Waals surface area contributed by atoms with E-state index in [1.165, 1.54) is 20.3 Å². The fraction of sp³-hybridized carbons (Fsp3) is 0.391. The summed E-state index contributed by atoms with van der Waals surface area (Å²) >= 11 is 0. The lowest BCUT2D eigenvalue weighted by Crippen LogP contribution is -2.22. The number of hydrogen-bond acceptors (Lipinski definition) is 10. The molecule has 2 fully saturated rings. The fourth-order valence-corrected chi connectivity index (χ4v) is 4.14. The molecule has 0 aliphatic heterocycles. The zero-order valence-corrected chi connectivity index (χ0v) is 19.0. The van der Waals surface area contributed by atoms with E-state index >= 15 is 0 Å². The van der Waals surface area contributed by atoms with Gasteiger partial charge in [0, 0.05) is 30.2 Å². The van der Waals surface area contributed by atoms with Gasteiger partial charge in [-0.05, 0) is 36.8 Å². The number of rotatable bonds is 9. The molecule has 2 aromatic heterocycles. The number of anilines is 3. The van der Waals surface area contributed by atoms with Gasteiger partial charge in [0.25, 0.3) is 11.8 Å². The summed E-state index contributed by atoms with van der Waals surface area (Å²) in [5, 5.41) is 19.5. The Morgan fingerprint density at radius 1 is 1.26 bits per heavy atom. The Labute approximate surface area is 205 Å². The second kappa shape index (κ2) is 8.95. The van der Waals surface area contributed by atoms with Gasteiger partial charge in [0.1, 0.15) is 6.61 Å². The Morgan fingerprint density at radius 2 is 2.11 bits per heavy atom. The van der Waals surface area contributed by atoms with Crippen molar-refractivity contribution in [3.8, 4) is 17.1 Å². The molecule has 2 heterocycles. The first-order valence-corrected chi connectivity index (χ1v) is 10.9. The highest BCUT2D eigenvalue weighted by Crippen LogP contribution is 2.70. The maximum absolute atomic E-state index is 12.7. The zero-order chi connectivity index (χ0) is 27.1. The van der Waals surface area contributed by atoms with Crippen LogP contribution in [0, 0.1) is 11.3 Å². The van der Waals surface area contributed by atoms with Crippen molar-refractivity contribution in [2.24, 2.45) is 11.3 Å². The molecule has 2 aliphatic rings. The maximum Gasteiger partial charge on any atom is 0.273 e. The lowest BCUT2D eigenvalue weighted by molar-refractivity contribution is -0.117. The predicted molar refractivity (Wildman–Crippen MR) is 124 cm³/mol. The Balaban J connectivity index is 1.47. The van der Waals surface area contributed by atoms with E-state index in [0.717, 1.165) is 19.3 Å². The van der Waals surface area contributed by atoms with E-state index in [-0.39, 0.29) is 52.8 Å². The number of carbonyl (C=O) groups excluding carboxylic acids is 2. The molecule has 1 spiro atoms. The van der Waals surface area contributed by atoms with Gasteiger partial charge in [-0.1, -0.05) is 11.2 Å². The van der Waals surface area contributed by atoms with Crippen molar-refractivity contribution in [1.29, 1.82) is 0 Å². The molecule has 1 aromatic carbocycles. The average Bonchev–Trinajstić information content (AvgIpc) is 3.75. The first-order chi connectivity index (χ1) is 18.1. The average molecular weight is 483 g/mol. The van der Waals surface area contributed by atoms with E-state index < -0.39 is 12.9 Å². The third kappa shape index (κ3) is 4.39. The normalized spacial score (nSPS) is 18.7. The van der Waals surface area contributed by atoms with Crippen molar-refractivity contribution in [1.82, 2.24) is 25.7 Å². The van der Waals surface area contributed by atoms with Crippen LogP contribution in [-0.2, 0) is 16.1 Å². The quantitative estimate of drug-likeness (QED) is 0.414. The number of carbonyl (C=O) groups is 2. The van der Waals surface area contributed by atoms with Crippen LogP contribution in [0.4, 0.5) is 17.2 Å². The van der Waals surface area contributed by atoms with Crippen LogP contribution in [0.25, 0.3) is 11.4 Å². The van der Waals surface area contributed by atoms with Gasteiger partial charge < -0.3 is 29.9 Å². The predicted octanol–water partition coefficient (Wildman–Crippen LogP) is 2.52. The summed E-state index contributed by atoms with van der Waals surface area (Å²) in [5.74, 6) is -0.251. The number of benzene rings is 1. The van der Waals surface area contributed by atoms with Gasteiger partial charge in [0.2, 0.25) is 11.7 Å². The molecule has 2 saturated carbocycles.